The molecule has 1 aliphatic carbocycles. The Kier molecular flexibility index (Phi) is 14.0. The minimum absolute atomic E-state index is 0.0570. The van der Waals surface area contributed by atoms with E-state index >= 15 is 0 Å². The van der Waals surface area contributed by atoms with E-state index in [4.69, 9.17) is 5.73 Å². The first-order chi connectivity index (χ1) is 23.8. The van der Waals surface area contributed by atoms with Gasteiger partial charge >= 0.3 is 0 Å². The second-order valence-electron chi connectivity index (χ2n) is 14.4. The van der Waals surface area contributed by atoms with Gasteiger partial charge in [-0.05, 0) is 103 Å². The zero-order valence-corrected chi connectivity index (χ0v) is 35.1. The van der Waals surface area contributed by atoms with Gasteiger partial charge in [-0.3, -0.25) is 4.98 Å². The van der Waals surface area contributed by atoms with Crippen LogP contribution >= 0.6 is 31.9 Å². The topological polar surface area (TPSA) is 131 Å². The highest BCUT2D eigenvalue weighted by atomic mass is 79.9. The van der Waals surface area contributed by atoms with Crippen LogP contribution in [0.5, 0.6) is 0 Å². The van der Waals surface area contributed by atoms with Crippen molar-refractivity contribution < 1.29 is 13.5 Å². The first kappa shape index (κ1) is 41.1. The van der Waals surface area contributed by atoms with Crippen molar-refractivity contribution in [1.29, 1.82) is 0 Å². The lowest BCUT2D eigenvalue weighted by Gasteiger charge is -2.21. The Bertz CT molecular complexity index is 2080. The molecule has 0 aliphatic heterocycles. The molecule has 1 aliphatic rings. The van der Waals surface area contributed by atoms with Gasteiger partial charge < -0.3 is 10.8 Å². The largest absolute Gasteiger partial charge is 0.391 e. The van der Waals surface area contributed by atoms with Gasteiger partial charge in [0.2, 0.25) is 0 Å². The summed E-state index contributed by atoms with van der Waals surface area (Å²) < 4.78 is 32.9. The number of aromatic nitrogens is 2. The number of fused-ring (bicyclic) bond motifs is 3. The number of nitrogens with zero attached hydrogens (tertiary/aromatic N) is 3. The molecular formula is C39H47Br2N5O3S2. The molecule has 2 heterocycles. The van der Waals surface area contributed by atoms with Gasteiger partial charge in [0.05, 0.1) is 66.8 Å². The Morgan fingerprint density at radius 2 is 1.41 bits per heavy atom. The van der Waals surface area contributed by atoms with Crippen LogP contribution in [0.25, 0.3) is 21.8 Å². The van der Waals surface area contributed by atoms with Crippen LogP contribution in [0.1, 0.15) is 90.0 Å². The van der Waals surface area contributed by atoms with Crippen molar-refractivity contribution in [1.82, 2.24) is 14.7 Å². The first-order valence-corrected chi connectivity index (χ1v) is 20.5. The van der Waals surface area contributed by atoms with E-state index in [2.05, 4.69) is 50.9 Å². The van der Waals surface area contributed by atoms with Crippen molar-refractivity contribution in [3.63, 3.8) is 0 Å². The van der Waals surface area contributed by atoms with Gasteiger partial charge in [-0.15, -0.1) is 0 Å². The van der Waals surface area contributed by atoms with Crippen LogP contribution in [0.3, 0.4) is 0 Å². The number of hydrogen-bond donors (Lipinski definition) is 3. The van der Waals surface area contributed by atoms with Crippen LogP contribution < -0.4 is 10.5 Å². The number of hydrogen-bond acceptors (Lipinski definition) is 6. The van der Waals surface area contributed by atoms with Crippen LogP contribution in [-0.4, -0.2) is 44.8 Å². The van der Waals surface area contributed by atoms with Crippen molar-refractivity contribution in [2.75, 3.05) is 0 Å². The fourth-order valence-corrected chi connectivity index (χ4v) is 7.06. The van der Waals surface area contributed by atoms with Crippen LogP contribution in [0.4, 0.5) is 0 Å². The summed E-state index contributed by atoms with van der Waals surface area (Å²) in [6.45, 7) is 15.4. The van der Waals surface area contributed by atoms with E-state index in [0.29, 0.717) is 12.1 Å². The third-order valence-corrected chi connectivity index (χ3v) is 12.1. The van der Waals surface area contributed by atoms with Gasteiger partial charge in [-0.2, -0.15) is 4.40 Å². The lowest BCUT2D eigenvalue weighted by Crippen LogP contribution is -2.35. The van der Waals surface area contributed by atoms with Crippen molar-refractivity contribution in [2.24, 2.45) is 10.1 Å². The van der Waals surface area contributed by atoms with Crippen molar-refractivity contribution in [3.05, 3.63) is 116 Å². The van der Waals surface area contributed by atoms with E-state index in [1.54, 1.807) is 0 Å². The molecular weight excluding hydrogens is 810 g/mol. The van der Waals surface area contributed by atoms with Gasteiger partial charge in [0.1, 0.15) is 11.0 Å². The fraction of sp³-hybridized carbons (Fsp3) is 0.359. The average Bonchev–Trinajstić information content (AvgIpc) is 3.36. The molecule has 0 saturated carbocycles. The average molecular weight is 858 g/mol. The number of rotatable bonds is 5. The molecule has 8 nitrogen and oxygen atoms in total. The monoisotopic (exact) mass is 855 g/mol. The smallest absolute Gasteiger partial charge is 0.145 e. The van der Waals surface area contributed by atoms with Gasteiger partial charge in [0, 0.05) is 26.1 Å². The molecule has 3 aromatic carbocycles. The molecule has 0 saturated heterocycles. The number of halogens is 2. The molecule has 12 heteroatoms. The van der Waals surface area contributed by atoms with Gasteiger partial charge in [0.25, 0.3) is 0 Å². The van der Waals surface area contributed by atoms with Crippen LogP contribution in [-0.2, 0) is 28.4 Å². The third-order valence-electron chi connectivity index (χ3n) is 7.99. The van der Waals surface area contributed by atoms with E-state index in [1.807, 2.05) is 140 Å². The fourth-order valence-electron chi connectivity index (χ4n) is 4.95. The summed E-state index contributed by atoms with van der Waals surface area (Å²) in [7, 11) is -2.37. The summed E-state index contributed by atoms with van der Waals surface area (Å²) in [4.78, 5) is 9.22. The van der Waals surface area contributed by atoms with Crippen LogP contribution in [0, 0.1) is 0 Å². The maximum Gasteiger partial charge on any atom is 0.145 e. The molecule has 0 amide bonds. The summed E-state index contributed by atoms with van der Waals surface area (Å²) in [5.41, 5.74) is 12.2. The summed E-state index contributed by atoms with van der Waals surface area (Å²) in [5, 5.41) is 11.6. The Balaban J connectivity index is 0.000000179. The van der Waals surface area contributed by atoms with E-state index < -0.39 is 22.0 Å². The lowest BCUT2D eigenvalue weighted by atomic mass is 10.1. The molecule has 0 bridgehead atoms. The maximum atomic E-state index is 12.1. The molecule has 5 atom stereocenters. The molecule has 272 valence electrons. The summed E-state index contributed by atoms with van der Waals surface area (Å²) in [5.74, 6) is 0. The number of nitrogens with two attached hydrogens (primary N) is 1. The number of aliphatic hydroxyl groups excluding tert-OH is 1. The second kappa shape index (κ2) is 17.4. The Morgan fingerprint density at radius 1 is 0.863 bits per heavy atom. The zero-order valence-electron chi connectivity index (χ0n) is 30.3. The minimum Gasteiger partial charge on any atom is -0.391 e. The highest BCUT2D eigenvalue weighted by Gasteiger charge is 2.27. The standard InChI is InChI=1S/C15H19BrN2OS.C15H17BrN2OS.C9H11NO/c2*1-10(18-20(19)15(2,3)4)13-8-6-11-5-7-12(16)9-14(11)17-13;10-9-7-4-2-1-3-6(7)5-8(9)11/h5-10,18H,1-4H3;5-9H,1-4H3;1-4,8-9,11H,5,10H2/t10-,20?;;8-,9+/m1.1/s1. The van der Waals surface area contributed by atoms with Crippen molar-refractivity contribution in [3.8, 4) is 0 Å². The van der Waals surface area contributed by atoms with E-state index in [-0.39, 0.29) is 27.7 Å². The number of benzene rings is 3. The van der Waals surface area contributed by atoms with Crippen LogP contribution in [0.2, 0.25) is 0 Å². The van der Waals surface area contributed by atoms with E-state index in [9.17, 15) is 13.5 Å². The normalized spacial score (nSPS) is 17.8. The minimum atomic E-state index is -1.27. The first-order valence-electron chi connectivity index (χ1n) is 16.6. The molecule has 2 unspecified atom stereocenters. The zero-order chi connectivity index (χ0) is 37.7. The molecule has 6 rings (SSSR count). The van der Waals surface area contributed by atoms with Gasteiger partial charge in [-0.1, -0.05) is 80.4 Å². The maximum absolute atomic E-state index is 12.1. The Labute approximate surface area is 323 Å². The summed E-state index contributed by atoms with van der Waals surface area (Å²) in [6, 6.07) is 27.6. The Morgan fingerprint density at radius 3 is 1.98 bits per heavy atom. The Hall–Kier alpha value is -2.71. The second-order valence-corrected chi connectivity index (χ2v) is 20.1. The van der Waals surface area contributed by atoms with E-state index in [0.717, 1.165) is 47.7 Å². The number of pyridine rings is 2. The van der Waals surface area contributed by atoms with Crippen LogP contribution in [0.15, 0.2) is 98.3 Å². The van der Waals surface area contributed by atoms with Crippen molar-refractivity contribution in [2.45, 2.75) is 89.5 Å². The molecule has 0 fully saturated rings. The molecule has 0 spiro atoms. The predicted octanol–water partition coefficient (Wildman–Crippen LogP) is 8.98. The van der Waals surface area contributed by atoms with Gasteiger partial charge in [-0.25, -0.2) is 18.1 Å². The van der Waals surface area contributed by atoms with Gasteiger partial charge in [0.15, 0.2) is 0 Å². The molecule has 2 aromatic heterocycles. The molecule has 5 aromatic rings. The molecule has 4 N–H and O–H groups in total. The quantitative estimate of drug-likeness (QED) is 0.151. The highest BCUT2D eigenvalue weighted by Crippen LogP contribution is 2.29. The molecule has 0 radical (unpaired) electrons. The summed E-state index contributed by atoms with van der Waals surface area (Å²) >= 11 is 6.90. The number of aliphatic hydroxyl groups is 1. The van der Waals surface area contributed by atoms with Crippen molar-refractivity contribution >= 4 is 81.3 Å². The number of nitrogens with one attached hydrogen (secondary N) is 1. The predicted molar refractivity (Wildman–Crippen MR) is 222 cm³/mol. The highest BCUT2D eigenvalue weighted by molar-refractivity contribution is 9.10. The third kappa shape index (κ3) is 11.4. The lowest BCUT2D eigenvalue weighted by molar-refractivity contribution is 0.158. The summed E-state index contributed by atoms with van der Waals surface area (Å²) in [6.07, 6.45) is 0.324. The molecule has 51 heavy (non-hydrogen) atoms. The van der Waals surface area contributed by atoms with E-state index in [1.165, 1.54) is 5.56 Å². The SMILES string of the molecule is CC(=NS(=O)C(C)(C)C)c1ccc2ccc(Br)cc2n1.C[C@@H](NS(=O)C(C)(C)C)c1ccc2ccc(Br)cc2n1.N[C@H]1c2ccccc2C[C@H]1O.